The number of aryl methyl sites for hydroxylation is 1. The minimum atomic E-state index is -0.440. The molecule has 4 aromatic rings. The molecule has 9 heteroatoms. The van der Waals surface area contributed by atoms with E-state index in [0.717, 1.165) is 23.1 Å². The van der Waals surface area contributed by atoms with Gasteiger partial charge < -0.3 is 8.98 Å². The smallest absolute Gasteiger partial charge is 0.270 e. The molecular formula is C20H16BrN5O3. The number of aromatic nitrogens is 2. The first-order valence-corrected chi connectivity index (χ1v) is 9.64. The standard InChI is InChI=1S/C20H16BrN5O3/c1-2-25-18-6-4-3-5-17(18)23-20(25)24-22-12-14-8-10-19(29-14)15-9-7-13(26(27)28)11-16(15)21/h3-12H,2H2,1H3,(H,23,24)/b22-12-. The molecule has 0 aliphatic heterocycles. The molecule has 146 valence electrons. The number of halogens is 1. The van der Waals surface area contributed by atoms with Gasteiger partial charge in [0.15, 0.2) is 0 Å². The van der Waals surface area contributed by atoms with Crippen LogP contribution in [0.3, 0.4) is 0 Å². The van der Waals surface area contributed by atoms with E-state index in [1.165, 1.54) is 12.1 Å². The van der Waals surface area contributed by atoms with Crippen molar-refractivity contribution in [2.24, 2.45) is 5.10 Å². The van der Waals surface area contributed by atoms with Crippen molar-refractivity contribution in [3.8, 4) is 11.3 Å². The lowest BCUT2D eigenvalue weighted by Gasteiger charge is -2.04. The van der Waals surface area contributed by atoms with Gasteiger partial charge in [0.1, 0.15) is 11.5 Å². The zero-order valence-electron chi connectivity index (χ0n) is 15.4. The highest BCUT2D eigenvalue weighted by molar-refractivity contribution is 9.10. The SMILES string of the molecule is CCn1c(N/N=C\c2ccc(-c3ccc([N+](=O)[O-])cc3Br)o2)nc2ccccc21. The van der Waals surface area contributed by atoms with Crippen LogP contribution < -0.4 is 5.43 Å². The molecule has 2 heterocycles. The molecule has 8 nitrogen and oxygen atoms in total. The molecule has 0 radical (unpaired) electrons. The molecule has 0 saturated carbocycles. The van der Waals surface area contributed by atoms with E-state index >= 15 is 0 Å². The lowest BCUT2D eigenvalue weighted by atomic mass is 10.1. The van der Waals surface area contributed by atoms with Gasteiger partial charge in [0.2, 0.25) is 5.95 Å². The summed E-state index contributed by atoms with van der Waals surface area (Å²) in [5.74, 6) is 1.76. The van der Waals surface area contributed by atoms with Crippen LogP contribution in [0.25, 0.3) is 22.4 Å². The largest absolute Gasteiger partial charge is 0.455 e. The first kappa shape index (κ1) is 18.9. The van der Waals surface area contributed by atoms with Crippen molar-refractivity contribution in [2.75, 3.05) is 5.43 Å². The summed E-state index contributed by atoms with van der Waals surface area (Å²) in [7, 11) is 0. The number of hydrogen-bond donors (Lipinski definition) is 1. The fraction of sp³-hybridized carbons (Fsp3) is 0.100. The molecule has 0 fully saturated rings. The van der Waals surface area contributed by atoms with Crippen molar-refractivity contribution in [1.29, 1.82) is 0 Å². The molecule has 0 atom stereocenters. The molecule has 0 aliphatic carbocycles. The zero-order chi connectivity index (χ0) is 20.4. The second kappa shape index (κ2) is 7.88. The van der Waals surface area contributed by atoms with Gasteiger partial charge in [-0.1, -0.05) is 12.1 Å². The maximum Gasteiger partial charge on any atom is 0.270 e. The van der Waals surface area contributed by atoms with Gasteiger partial charge in [-0.25, -0.2) is 10.4 Å². The van der Waals surface area contributed by atoms with Crippen LogP contribution in [0.4, 0.5) is 11.6 Å². The predicted molar refractivity (Wildman–Crippen MR) is 115 cm³/mol. The minimum absolute atomic E-state index is 0.0111. The Labute approximate surface area is 174 Å². The number of benzene rings is 2. The van der Waals surface area contributed by atoms with Crippen molar-refractivity contribution in [1.82, 2.24) is 9.55 Å². The van der Waals surface area contributed by atoms with Crippen LogP contribution >= 0.6 is 15.9 Å². The molecule has 1 N–H and O–H groups in total. The topological polar surface area (TPSA) is 98.5 Å². The van der Waals surface area contributed by atoms with E-state index in [2.05, 4.69) is 31.4 Å². The van der Waals surface area contributed by atoms with Gasteiger partial charge >= 0.3 is 0 Å². The van der Waals surface area contributed by atoms with Gasteiger partial charge in [-0.15, -0.1) is 0 Å². The summed E-state index contributed by atoms with van der Waals surface area (Å²) >= 11 is 3.36. The highest BCUT2D eigenvalue weighted by Gasteiger charge is 2.13. The van der Waals surface area contributed by atoms with Crippen LogP contribution in [0.2, 0.25) is 0 Å². The number of rotatable bonds is 6. The Morgan fingerprint density at radius 2 is 2.10 bits per heavy atom. The Hall–Kier alpha value is -3.46. The normalized spacial score (nSPS) is 11.4. The monoisotopic (exact) mass is 453 g/mol. The zero-order valence-corrected chi connectivity index (χ0v) is 17.0. The molecule has 2 aromatic heterocycles. The first-order valence-electron chi connectivity index (χ1n) is 8.85. The van der Waals surface area contributed by atoms with Crippen LogP contribution in [-0.4, -0.2) is 20.7 Å². The highest BCUT2D eigenvalue weighted by Crippen LogP contribution is 2.32. The number of anilines is 1. The number of non-ortho nitro benzene ring substituents is 1. The van der Waals surface area contributed by atoms with E-state index in [4.69, 9.17) is 4.42 Å². The second-order valence-electron chi connectivity index (χ2n) is 6.16. The molecule has 0 spiro atoms. The number of nitrogens with one attached hydrogen (secondary N) is 1. The van der Waals surface area contributed by atoms with E-state index in [1.54, 1.807) is 24.4 Å². The second-order valence-corrected chi connectivity index (χ2v) is 7.02. The van der Waals surface area contributed by atoms with Crippen molar-refractivity contribution in [3.05, 3.63) is 74.9 Å². The summed E-state index contributed by atoms with van der Waals surface area (Å²) in [4.78, 5) is 15.0. The van der Waals surface area contributed by atoms with Crippen LogP contribution in [0.15, 0.2) is 68.6 Å². The van der Waals surface area contributed by atoms with Gasteiger partial charge in [0.05, 0.1) is 22.2 Å². The average Bonchev–Trinajstić information content (AvgIpc) is 3.32. The van der Waals surface area contributed by atoms with E-state index in [1.807, 2.05) is 35.8 Å². The molecule has 2 aromatic carbocycles. The molecular weight excluding hydrogens is 438 g/mol. The van der Waals surface area contributed by atoms with Crippen molar-refractivity contribution in [2.45, 2.75) is 13.5 Å². The summed E-state index contributed by atoms with van der Waals surface area (Å²) in [6, 6.07) is 16.0. The molecule has 0 amide bonds. The fourth-order valence-corrected chi connectivity index (χ4v) is 3.58. The molecule has 29 heavy (non-hydrogen) atoms. The summed E-state index contributed by atoms with van der Waals surface area (Å²) in [6.45, 7) is 2.81. The number of para-hydroxylation sites is 2. The summed E-state index contributed by atoms with van der Waals surface area (Å²) < 4.78 is 8.41. The molecule has 0 unspecified atom stereocenters. The quantitative estimate of drug-likeness (QED) is 0.238. The van der Waals surface area contributed by atoms with E-state index < -0.39 is 4.92 Å². The highest BCUT2D eigenvalue weighted by atomic mass is 79.9. The van der Waals surface area contributed by atoms with E-state index in [-0.39, 0.29) is 5.69 Å². The van der Waals surface area contributed by atoms with Crippen LogP contribution in [0.5, 0.6) is 0 Å². The number of nitro groups is 1. The van der Waals surface area contributed by atoms with Crippen LogP contribution in [-0.2, 0) is 6.54 Å². The maximum absolute atomic E-state index is 10.9. The fourth-order valence-electron chi connectivity index (χ4n) is 3.02. The predicted octanol–water partition coefficient (Wildman–Crippen LogP) is 5.43. The average molecular weight is 454 g/mol. The summed E-state index contributed by atoms with van der Waals surface area (Å²) in [6.07, 6.45) is 1.56. The Morgan fingerprint density at radius 3 is 2.86 bits per heavy atom. The van der Waals surface area contributed by atoms with Gasteiger partial charge in [0.25, 0.3) is 5.69 Å². The van der Waals surface area contributed by atoms with Gasteiger partial charge in [0, 0.05) is 28.7 Å². The van der Waals surface area contributed by atoms with E-state index in [0.29, 0.717) is 21.9 Å². The first-order chi connectivity index (χ1) is 14.1. The lowest BCUT2D eigenvalue weighted by Crippen LogP contribution is -2.01. The number of nitro benzene ring substituents is 1. The Morgan fingerprint density at radius 1 is 1.28 bits per heavy atom. The van der Waals surface area contributed by atoms with Crippen LogP contribution in [0, 0.1) is 10.1 Å². The Bertz CT molecular complexity index is 1230. The number of hydrogen-bond acceptors (Lipinski definition) is 6. The molecule has 4 rings (SSSR count). The number of fused-ring (bicyclic) bond motifs is 1. The lowest BCUT2D eigenvalue weighted by molar-refractivity contribution is -0.384. The number of nitrogens with zero attached hydrogens (tertiary/aromatic N) is 4. The molecule has 0 bridgehead atoms. The maximum atomic E-state index is 10.9. The number of furan rings is 1. The number of imidazole rings is 1. The van der Waals surface area contributed by atoms with E-state index in [9.17, 15) is 10.1 Å². The van der Waals surface area contributed by atoms with Gasteiger partial charge in [-0.3, -0.25) is 10.1 Å². The molecule has 0 saturated heterocycles. The Balaban J connectivity index is 1.53. The van der Waals surface area contributed by atoms with Gasteiger partial charge in [-0.2, -0.15) is 5.10 Å². The van der Waals surface area contributed by atoms with Gasteiger partial charge in [-0.05, 0) is 53.2 Å². The minimum Gasteiger partial charge on any atom is -0.455 e. The Kier molecular flexibility index (Phi) is 5.13. The summed E-state index contributed by atoms with van der Waals surface area (Å²) in [5.41, 5.74) is 5.63. The van der Waals surface area contributed by atoms with Crippen molar-refractivity contribution in [3.63, 3.8) is 0 Å². The third kappa shape index (κ3) is 3.77. The van der Waals surface area contributed by atoms with Crippen molar-refractivity contribution < 1.29 is 9.34 Å². The van der Waals surface area contributed by atoms with Crippen LogP contribution in [0.1, 0.15) is 12.7 Å². The summed E-state index contributed by atoms with van der Waals surface area (Å²) in [5, 5.41) is 15.1. The third-order valence-corrected chi connectivity index (χ3v) is 5.04. The third-order valence-electron chi connectivity index (χ3n) is 4.38. The number of hydrazone groups is 1. The molecule has 0 aliphatic rings. The van der Waals surface area contributed by atoms with Crippen molar-refractivity contribution >= 4 is 44.8 Å².